The van der Waals surface area contributed by atoms with E-state index in [1.165, 1.54) is 0 Å². The number of rotatable bonds is 5. The minimum atomic E-state index is -0.0429. The van der Waals surface area contributed by atoms with Crippen LogP contribution >= 0.6 is 23.2 Å². The molecule has 0 bridgehead atoms. The lowest BCUT2D eigenvalue weighted by molar-refractivity contribution is -0.135. The Bertz CT molecular complexity index is 683. The van der Waals surface area contributed by atoms with Crippen LogP contribution in [-0.4, -0.2) is 48.5 Å². The molecule has 1 aliphatic rings. The molecule has 3 rings (SSSR count). The highest BCUT2D eigenvalue weighted by Crippen LogP contribution is 2.27. The van der Waals surface area contributed by atoms with Crippen LogP contribution in [0.2, 0.25) is 10.0 Å². The third-order valence-electron chi connectivity index (χ3n) is 3.93. The van der Waals surface area contributed by atoms with Crippen LogP contribution in [0.1, 0.15) is 5.76 Å². The molecule has 0 aliphatic carbocycles. The molecule has 1 aliphatic heterocycles. The van der Waals surface area contributed by atoms with Crippen LogP contribution in [-0.2, 0) is 11.3 Å². The molecule has 2 heterocycles. The van der Waals surface area contributed by atoms with Crippen molar-refractivity contribution in [2.75, 3.05) is 32.8 Å². The van der Waals surface area contributed by atoms with Crippen molar-refractivity contribution in [1.82, 2.24) is 9.80 Å². The van der Waals surface area contributed by atoms with Gasteiger partial charge in [-0.25, -0.2) is 0 Å². The Morgan fingerprint density at radius 3 is 2.62 bits per heavy atom. The summed E-state index contributed by atoms with van der Waals surface area (Å²) in [4.78, 5) is 16.3. The zero-order chi connectivity index (χ0) is 16.9. The summed E-state index contributed by atoms with van der Waals surface area (Å²) in [5, 5.41) is 0.935. The van der Waals surface area contributed by atoms with Crippen LogP contribution in [0.3, 0.4) is 0 Å². The lowest BCUT2D eigenvalue weighted by Gasteiger charge is -2.34. The van der Waals surface area contributed by atoms with Crippen LogP contribution < -0.4 is 4.74 Å². The summed E-state index contributed by atoms with van der Waals surface area (Å²) in [6.45, 7) is 3.72. The number of furan rings is 1. The van der Waals surface area contributed by atoms with Crippen molar-refractivity contribution in [2.24, 2.45) is 0 Å². The molecule has 0 radical (unpaired) electrons. The molecule has 24 heavy (non-hydrogen) atoms. The maximum atomic E-state index is 12.3. The summed E-state index contributed by atoms with van der Waals surface area (Å²) in [6, 6.07) is 8.78. The van der Waals surface area contributed by atoms with Gasteiger partial charge in [0.1, 0.15) is 11.5 Å². The van der Waals surface area contributed by atoms with Crippen LogP contribution in [0.5, 0.6) is 5.75 Å². The Hall–Kier alpha value is -1.69. The van der Waals surface area contributed by atoms with Crippen LogP contribution in [0.15, 0.2) is 41.0 Å². The lowest BCUT2D eigenvalue weighted by atomic mass is 10.3. The van der Waals surface area contributed by atoms with E-state index in [4.69, 9.17) is 32.4 Å². The van der Waals surface area contributed by atoms with Crippen molar-refractivity contribution < 1.29 is 13.9 Å². The first-order valence-electron chi connectivity index (χ1n) is 7.72. The maximum absolute atomic E-state index is 12.3. The van der Waals surface area contributed by atoms with Crippen molar-refractivity contribution in [3.63, 3.8) is 0 Å². The van der Waals surface area contributed by atoms with Crippen molar-refractivity contribution >= 4 is 29.1 Å². The van der Waals surface area contributed by atoms with Crippen LogP contribution in [0.25, 0.3) is 0 Å². The monoisotopic (exact) mass is 368 g/mol. The smallest absolute Gasteiger partial charge is 0.260 e. The van der Waals surface area contributed by atoms with E-state index >= 15 is 0 Å². The number of ether oxygens (including phenoxy) is 1. The fourth-order valence-corrected chi connectivity index (χ4v) is 3.06. The minimum Gasteiger partial charge on any atom is -0.482 e. The second-order valence-corrected chi connectivity index (χ2v) is 6.44. The highest BCUT2D eigenvalue weighted by molar-refractivity contribution is 6.35. The molecule has 0 N–H and O–H groups in total. The molecule has 0 saturated carbocycles. The zero-order valence-corrected chi connectivity index (χ0v) is 14.6. The molecule has 5 nitrogen and oxygen atoms in total. The standard InChI is InChI=1S/C17H18Cl2N2O3/c18-13-3-4-16(15(19)10-13)24-12-17(22)21-7-5-20(6-8-21)11-14-2-1-9-23-14/h1-4,9-10H,5-8,11-12H2. The molecule has 0 atom stereocenters. The number of benzene rings is 1. The van der Waals surface area contributed by atoms with E-state index in [1.807, 2.05) is 17.0 Å². The summed E-state index contributed by atoms with van der Waals surface area (Å²) in [7, 11) is 0. The number of nitrogens with zero attached hydrogens (tertiary/aromatic N) is 2. The van der Waals surface area contributed by atoms with Gasteiger partial charge in [0, 0.05) is 31.2 Å². The molecule has 0 unspecified atom stereocenters. The van der Waals surface area contributed by atoms with Gasteiger partial charge in [-0.05, 0) is 30.3 Å². The van der Waals surface area contributed by atoms with E-state index in [0.29, 0.717) is 28.9 Å². The fraction of sp³-hybridized carbons (Fsp3) is 0.353. The van der Waals surface area contributed by atoms with Gasteiger partial charge < -0.3 is 14.1 Å². The highest BCUT2D eigenvalue weighted by atomic mass is 35.5. The second-order valence-electron chi connectivity index (χ2n) is 5.60. The molecule has 1 aromatic heterocycles. The Balaban J connectivity index is 1.45. The highest BCUT2D eigenvalue weighted by Gasteiger charge is 2.22. The minimum absolute atomic E-state index is 0.0282. The number of amides is 1. The SMILES string of the molecule is O=C(COc1ccc(Cl)cc1Cl)N1CCN(Cc2ccco2)CC1. The van der Waals surface area contributed by atoms with Crippen molar-refractivity contribution in [3.05, 3.63) is 52.4 Å². The largest absolute Gasteiger partial charge is 0.482 e. The first kappa shape index (κ1) is 17.1. The van der Waals surface area contributed by atoms with Gasteiger partial charge >= 0.3 is 0 Å². The second kappa shape index (κ2) is 7.92. The fourth-order valence-electron chi connectivity index (χ4n) is 2.60. The summed E-state index contributed by atoms with van der Waals surface area (Å²) in [6.07, 6.45) is 1.67. The van der Waals surface area contributed by atoms with Gasteiger partial charge in [-0.3, -0.25) is 9.69 Å². The maximum Gasteiger partial charge on any atom is 0.260 e. The van der Waals surface area contributed by atoms with E-state index in [0.717, 1.165) is 25.4 Å². The van der Waals surface area contributed by atoms with Gasteiger partial charge in [0.05, 0.1) is 17.8 Å². The Morgan fingerprint density at radius 2 is 1.96 bits per heavy atom. The number of piperazine rings is 1. The lowest BCUT2D eigenvalue weighted by Crippen LogP contribution is -2.49. The summed E-state index contributed by atoms with van der Waals surface area (Å²) in [5.74, 6) is 1.36. The molecule has 0 spiro atoms. The van der Waals surface area contributed by atoms with E-state index in [2.05, 4.69) is 4.90 Å². The topological polar surface area (TPSA) is 45.9 Å². The predicted octanol–water partition coefficient (Wildman–Crippen LogP) is 3.31. The Morgan fingerprint density at radius 1 is 1.17 bits per heavy atom. The molecule has 1 fully saturated rings. The third kappa shape index (κ3) is 4.44. The molecule has 128 valence electrons. The van der Waals surface area contributed by atoms with Crippen LogP contribution in [0, 0.1) is 0 Å². The van der Waals surface area contributed by atoms with Gasteiger partial charge in [-0.15, -0.1) is 0 Å². The summed E-state index contributed by atoms with van der Waals surface area (Å²) >= 11 is 11.9. The van der Waals surface area contributed by atoms with Gasteiger partial charge in [0.25, 0.3) is 5.91 Å². The first-order valence-corrected chi connectivity index (χ1v) is 8.48. The van der Waals surface area contributed by atoms with E-state index in [1.54, 1.807) is 24.5 Å². The van der Waals surface area contributed by atoms with Gasteiger partial charge in [0.2, 0.25) is 0 Å². The van der Waals surface area contributed by atoms with E-state index < -0.39 is 0 Å². The molecule has 1 amide bonds. The number of halogens is 2. The number of hydrogen-bond acceptors (Lipinski definition) is 4. The predicted molar refractivity (Wildman–Crippen MR) is 92.5 cm³/mol. The quantitative estimate of drug-likeness (QED) is 0.811. The Kier molecular flexibility index (Phi) is 5.66. The van der Waals surface area contributed by atoms with E-state index in [-0.39, 0.29) is 12.5 Å². The summed E-state index contributed by atoms with van der Waals surface area (Å²) in [5.41, 5.74) is 0. The molecule has 1 saturated heterocycles. The molecule has 1 aromatic carbocycles. The third-order valence-corrected chi connectivity index (χ3v) is 4.46. The zero-order valence-electron chi connectivity index (χ0n) is 13.1. The number of hydrogen-bond donors (Lipinski definition) is 0. The number of carbonyl (C=O) groups excluding carboxylic acids is 1. The molecule has 2 aromatic rings. The van der Waals surface area contributed by atoms with Crippen molar-refractivity contribution in [2.45, 2.75) is 6.54 Å². The van der Waals surface area contributed by atoms with Crippen molar-refractivity contribution in [3.8, 4) is 5.75 Å². The average molecular weight is 369 g/mol. The molecular weight excluding hydrogens is 351 g/mol. The normalized spacial score (nSPS) is 15.5. The van der Waals surface area contributed by atoms with Gasteiger partial charge in [0.15, 0.2) is 6.61 Å². The molecular formula is C17H18Cl2N2O3. The number of carbonyl (C=O) groups is 1. The van der Waals surface area contributed by atoms with Crippen molar-refractivity contribution in [1.29, 1.82) is 0 Å². The molecule has 7 heteroatoms. The first-order chi connectivity index (χ1) is 11.6. The van der Waals surface area contributed by atoms with E-state index in [9.17, 15) is 4.79 Å². The Labute approximate surface area is 150 Å². The van der Waals surface area contributed by atoms with Crippen LogP contribution in [0.4, 0.5) is 0 Å². The summed E-state index contributed by atoms with van der Waals surface area (Å²) < 4.78 is 10.9. The average Bonchev–Trinajstić information content (AvgIpc) is 3.07. The van der Waals surface area contributed by atoms with Gasteiger partial charge in [-0.2, -0.15) is 0 Å². The van der Waals surface area contributed by atoms with Gasteiger partial charge in [-0.1, -0.05) is 23.2 Å².